The molecule has 0 atom stereocenters. The summed E-state index contributed by atoms with van der Waals surface area (Å²) < 4.78 is 9.89. The molecule has 26 heavy (non-hydrogen) atoms. The minimum Gasteiger partial charge on any atom is -0.472 e. The number of amides is 3. The van der Waals surface area contributed by atoms with E-state index >= 15 is 0 Å². The van der Waals surface area contributed by atoms with Crippen molar-refractivity contribution in [3.05, 3.63) is 54.0 Å². The summed E-state index contributed by atoms with van der Waals surface area (Å²) in [6.45, 7) is 2.87. The molecule has 136 valence electrons. The van der Waals surface area contributed by atoms with Gasteiger partial charge in [0.25, 0.3) is 5.91 Å². The van der Waals surface area contributed by atoms with Crippen LogP contribution in [0.3, 0.4) is 0 Å². The molecule has 8 nitrogen and oxygen atoms in total. The number of esters is 1. The van der Waals surface area contributed by atoms with Crippen LogP contribution in [0.5, 0.6) is 0 Å². The number of rotatable bonds is 4. The van der Waals surface area contributed by atoms with Crippen molar-refractivity contribution in [1.82, 2.24) is 10.0 Å². The fourth-order valence-electron chi connectivity index (χ4n) is 2.70. The average Bonchev–Trinajstić information content (AvgIpc) is 3.33. The van der Waals surface area contributed by atoms with Gasteiger partial charge in [0.2, 0.25) is 0 Å². The monoisotopic (exact) mass is 357 g/mol. The number of benzene rings is 1. The number of hydrogen-bond donors (Lipinski definition) is 1. The molecule has 8 heteroatoms. The van der Waals surface area contributed by atoms with Gasteiger partial charge in [-0.25, -0.2) is 19.6 Å². The molecular formula is C18H19N3O5. The summed E-state index contributed by atoms with van der Waals surface area (Å²) >= 11 is 0. The van der Waals surface area contributed by atoms with Crippen molar-refractivity contribution < 1.29 is 23.5 Å². The first-order valence-electron chi connectivity index (χ1n) is 8.30. The van der Waals surface area contributed by atoms with Gasteiger partial charge >= 0.3 is 12.0 Å². The molecule has 0 aliphatic carbocycles. The summed E-state index contributed by atoms with van der Waals surface area (Å²) in [4.78, 5) is 36.9. The van der Waals surface area contributed by atoms with Crippen LogP contribution in [0.15, 0.2) is 47.3 Å². The maximum atomic E-state index is 12.6. The molecule has 1 aromatic carbocycles. The molecule has 2 heterocycles. The van der Waals surface area contributed by atoms with Crippen molar-refractivity contribution in [2.45, 2.75) is 13.3 Å². The molecule has 0 bridgehead atoms. The summed E-state index contributed by atoms with van der Waals surface area (Å²) in [6, 6.07) is 7.57. The van der Waals surface area contributed by atoms with Gasteiger partial charge in [0.1, 0.15) is 6.26 Å². The fourth-order valence-corrected chi connectivity index (χ4v) is 2.70. The zero-order valence-corrected chi connectivity index (χ0v) is 14.3. The van der Waals surface area contributed by atoms with Gasteiger partial charge in [0.15, 0.2) is 0 Å². The second-order valence-corrected chi connectivity index (χ2v) is 5.65. The minimum atomic E-state index is -0.457. The van der Waals surface area contributed by atoms with Gasteiger partial charge in [-0.15, -0.1) is 0 Å². The summed E-state index contributed by atoms with van der Waals surface area (Å²) in [5, 5.41) is 5.45. The van der Waals surface area contributed by atoms with Gasteiger partial charge in [0, 0.05) is 18.8 Å². The molecule has 3 amide bonds. The lowest BCUT2D eigenvalue weighted by atomic mass is 10.2. The Labute approximate surface area is 150 Å². The Balaban J connectivity index is 1.70. The third-order valence-electron chi connectivity index (χ3n) is 3.89. The number of furan rings is 1. The molecule has 1 fully saturated rings. The van der Waals surface area contributed by atoms with E-state index in [1.165, 1.54) is 28.6 Å². The van der Waals surface area contributed by atoms with Crippen molar-refractivity contribution in [3.63, 3.8) is 0 Å². The summed E-state index contributed by atoms with van der Waals surface area (Å²) in [5.41, 5.74) is 1.18. The number of hydrazine groups is 1. The largest absolute Gasteiger partial charge is 0.472 e. The van der Waals surface area contributed by atoms with E-state index in [0.29, 0.717) is 36.3 Å². The van der Waals surface area contributed by atoms with E-state index in [9.17, 15) is 14.4 Å². The van der Waals surface area contributed by atoms with E-state index in [1.54, 1.807) is 31.2 Å². The summed E-state index contributed by atoms with van der Waals surface area (Å²) in [7, 11) is 0. The van der Waals surface area contributed by atoms with Gasteiger partial charge in [-0.05, 0) is 37.6 Å². The molecule has 1 N–H and O–H groups in total. The standard InChI is InChI=1S/C18H19N3O5/c1-2-26-17(23)13-5-3-6-15(11-13)19-18(24)21-9-4-8-20(21)16(22)14-7-10-25-12-14/h3,5-7,10-12H,2,4,8-9H2,1H3,(H,19,24). The Morgan fingerprint density at radius 3 is 2.69 bits per heavy atom. The lowest BCUT2D eigenvalue weighted by molar-refractivity contribution is 0.0403. The number of anilines is 1. The van der Waals surface area contributed by atoms with Crippen LogP contribution in [0.4, 0.5) is 10.5 Å². The molecule has 2 aromatic rings. The predicted octanol–water partition coefficient (Wildman–Crippen LogP) is 2.75. The van der Waals surface area contributed by atoms with E-state index in [4.69, 9.17) is 9.15 Å². The molecule has 3 rings (SSSR count). The highest BCUT2D eigenvalue weighted by atomic mass is 16.5. The molecule has 0 saturated carbocycles. The van der Waals surface area contributed by atoms with Crippen LogP contribution < -0.4 is 5.32 Å². The van der Waals surface area contributed by atoms with Crippen LogP contribution in [0, 0.1) is 0 Å². The van der Waals surface area contributed by atoms with Crippen LogP contribution in [-0.2, 0) is 4.74 Å². The van der Waals surface area contributed by atoms with Crippen LogP contribution in [0.2, 0.25) is 0 Å². The molecule has 1 aliphatic rings. The second-order valence-electron chi connectivity index (χ2n) is 5.65. The second kappa shape index (κ2) is 7.73. The number of urea groups is 1. The molecule has 1 saturated heterocycles. The first kappa shape index (κ1) is 17.5. The number of ether oxygens (including phenoxy) is 1. The Kier molecular flexibility index (Phi) is 5.21. The highest BCUT2D eigenvalue weighted by Gasteiger charge is 2.31. The summed E-state index contributed by atoms with van der Waals surface area (Å²) in [6.07, 6.45) is 3.44. The number of carbonyl (C=O) groups is 3. The number of nitrogens with one attached hydrogen (secondary N) is 1. The Bertz CT molecular complexity index is 803. The van der Waals surface area contributed by atoms with E-state index in [-0.39, 0.29) is 12.5 Å². The van der Waals surface area contributed by atoms with E-state index in [1.807, 2.05) is 0 Å². The van der Waals surface area contributed by atoms with Crippen LogP contribution in [-0.4, -0.2) is 47.6 Å². The zero-order chi connectivity index (χ0) is 18.5. The van der Waals surface area contributed by atoms with Crippen molar-refractivity contribution in [1.29, 1.82) is 0 Å². The Morgan fingerprint density at radius 1 is 1.15 bits per heavy atom. The normalized spacial score (nSPS) is 13.6. The maximum Gasteiger partial charge on any atom is 0.340 e. The molecule has 0 radical (unpaired) electrons. The highest BCUT2D eigenvalue weighted by Crippen LogP contribution is 2.18. The number of carbonyl (C=O) groups excluding carboxylic acids is 3. The molecule has 1 aromatic heterocycles. The molecule has 0 unspecified atom stereocenters. The van der Waals surface area contributed by atoms with Gasteiger partial charge in [0.05, 0.1) is 24.0 Å². The number of hydrogen-bond acceptors (Lipinski definition) is 5. The van der Waals surface area contributed by atoms with Crippen molar-refractivity contribution in [2.75, 3.05) is 25.0 Å². The lowest BCUT2D eigenvalue weighted by Crippen LogP contribution is -2.46. The first-order valence-corrected chi connectivity index (χ1v) is 8.30. The van der Waals surface area contributed by atoms with Gasteiger partial charge in [-0.1, -0.05) is 6.07 Å². The molecule has 0 spiro atoms. The van der Waals surface area contributed by atoms with Crippen LogP contribution >= 0.6 is 0 Å². The molecule has 1 aliphatic heterocycles. The van der Waals surface area contributed by atoms with E-state index < -0.39 is 12.0 Å². The highest BCUT2D eigenvalue weighted by molar-refractivity contribution is 5.98. The van der Waals surface area contributed by atoms with Crippen LogP contribution in [0.25, 0.3) is 0 Å². The molecular weight excluding hydrogens is 338 g/mol. The van der Waals surface area contributed by atoms with Crippen molar-refractivity contribution in [3.8, 4) is 0 Å². The summed E-state index contributed by atoms with van der Waals surface area (Å²) in [5.74, 6) is -0.756. The number of nitrogens with zero attached hydrogens (tertiary/aromatic N) is 2. The topological polar surface area (TPSA) is 92.1 Å². The lowest BCUT2D eigenvalue weighted by Gasteiger charge is -2.27. The van der Waals surface area contributed by atoms with Gasteiger partial charge in [-0.2, -0.15) is 0 Å². The maximum absolute atomic E-state index is 12.6. The minimum absolute atomic E-state index is 0.272. The third kappa shape index (κ3) is 3.69. The van der Waals surface area contributed by atoms with Gasteiger partial charge in [-0.3, -0.25) is 4.79 Å². The average molecular weight is 357 g/mol. The fraction of sp³-hybridized carbons (Fsp3) is 0.278. The Hall–Kier alpha value is -3.29. The first-order chi connectivity index (χ1) is 12.6. The predicted molar refractivity (Wildman–Crippen MR) is 92.5 cm³/mol. The SMILES string of the molecule is CCOC(=O)c1cccc(NC(=O)N2CCCN2C(=O)c2ccoc2)c1. The van der Waals surface area contributed by atoms with Gasteiger partial charge < -0.3 is 14.5 Å². The quantitative estimate of drug-likeness (QED) is 0.850. The van der Waals surface area contributed by atoms with E-state index in [0.717, 1.165) is 0 Å². The Morgan fingerprint density at radius 2 is 1.96 bits per heavy atom. The van der Waals surface area contributed by atoms with Crippen molar-refractivity contribution in [2.24, 2.45) is 0 Å². The zero-order valence-electron chi connectivity index (χ0n) is 14.3. The van der Waals surface area contributed by atoms with E-state index in [2.05, 4.69) is 5.32 Å². The third-order valence-corrected chi connectivity index (χ3v) is 3.89. The smallest absolute Gasteiger partial charge is 0.340 e. The van der Waals surface area contributed by atoms with Crippen LogP contribution in [0.1, 0.15) is 34.1 Å². The van der Waals surface area contributed by atoms with Crippen molar-refractivity contribution >= 4 is 23.6 Å².